The van der Waals surface area contributed by atoms with E-state index in [1.807, 2.05) is 0 Å². The van der Waals surface area contributed by atoms with E-state index in [1.54, 1.807) is 0 Å². The van der Waals surface area contributed by atoms with Crippen molar-refractivity contribution in [3.8, 4) is 0 Å². The molecule has 0 heterocycles. The summed E-state index contributed by atoms with van der Waals surface area (Å²) in [5.74, 6) is -0.647. The SMILES string of the molecule is CCCCCCCCCCCCCCCCCC(=O)OC(=O)CCCCCCCCCCCCCCCCC.CCCCCCCCCCCCOCCCCCCCC. The van der Waals surface area contributed by atoms with Gasteiger partial charge in [0.05, 0.1) is 0 Å². The minimum atomic E-state index is -0.323. The number of carbonyl (C=O) groups excluding carboxylic acids is 2. The second-order valence-corrected chi connectivity index (χ2v) is 18.8. The van der Waals surface area contributed by atoms with Crippen molar-refractivity contribution in [2.45, 2.75) is 336 Å². The van der Waals surface area contributed by atoms with Crippen LogP contribution in [0.15, 0.2) is 0 Å². The average molecular weight is 850 g/mol. The Morgan fingerprint density at radius 3 is 0.600 bits per heavy atom. The van der Waals surface area contributed by atoms with Crippen LogP contribution >= 0.6 is 0 Å². The van der Waals surface area contributed by atoms with Crippen molar-refractivity contribution in [1.29, 1.82) is 0 Å². The highest BCUT2D eigenvalue weighted by Gasteiger charge is 2.10. The van der Waals surface area contributed by atoms with Crippen molar-refractivity contribution in [2.75, 3.05) is 13.2 Å². The summed E-state index contributed by atoms with van der Waals surface area (Å²) in [6.07, 6.45) is 62.4. The number of esters is 2. The van der Waals surface area contributed by atoms with Gasteiger partial charge in [-0.25, -0.2) is 0 Å². The van der Waals surface area contributed by atoms with E-state index in [4.69, 9.17) is 9.47 Å². The Labute approximate surface area is 378 Å². The second kappa shape index (κ2) is 58.1. The zero-order valence-corrected chi connectivity index (χ0v) is 42.0. The third kappa shape index (κ3) is 59.2. The maximum atomic E-state index is 11.9. The number of hydrogen-bond acceptors (Lipinski definition) is 4. The van der Waals surface area contributed by atoms with Crippen LogP contribution in [0.2, 0.25) is 0 Å². The summed E-state index contributed by atoms with van der Waals surface area (Å²) < 4.78 is 10.7. The van der Waals surface area contributed by atoms with Gasteiger partial charge in [0.1, 0.15) is 0 Å². The molecule has 0 unspecified atom stereocenters. The lowest BCUT2D eigenvalue weighted by atomic mass is 10.0. The molecule has 0 aliphatic carbocycles. The van der Waals surface area contributed by atoms with Crippen LogP contribution in [-0.4, -0.2) is 25.2 Å². The van der Waals surface area contributed by atoms with E-state index in [0.29, 0.717) is 12.8 Å². The van der Waals surface area contributed by atoms with Gasteiger partial charge in [-0.2, -0.15) is 0 Å². The molecule has 4 heteroatoms. The summed E-state index contributed by atoms with van der Waals surface area (Å²) in [6, 6.07) is 0. The van der Waals surface area contributed by atoms with Crippen LogP contribution in [0.5, 0.6) is 0 Å². The van der Waals surface area contributed by atoms with Gasteiger partial charge in [-0.15, -0.1) is 0 Å². The van der Waals surface area contributed by atoms with Crippen molar-refractivity contribution in [3.63, 3.8) is 0 Å². The maximum Gasteiger partial charge on any atom is 0.313 e. The lowest BCUT2D eigenvalue weighted by Crippen LogP contribution is -2.11. The first kappa shape index (κ1) is 61.2. The van der Waals surface area contributed by atoms with Gasteiger partial charge in [-0.3, -0.25) is 9.59 Å². The van der Waals surface area contributed by atoms with Crippen molar-refractivity contribution >= 4 is 11.9 Å². The van der Waals surface area contributed by atoms with E-state index in [0.717, 1.165) is 38.9 Å². The van der Waals surface area contributed by atoms with E-state index in [9.17, 15) is 9.59 Å². The first-order valence-electron chi connectivity index (χ1n) is 27.9. The predicted molar refractivity (Wildman–Crippen MR) is 266 cm³/mol. The van der Waals surface area contributed by atoms with Gasteiger partial charge in [0.2, 0.25) is 0 Å². The first-order valence-corrected chi connectivity index (χ1v) is 27.9. The van der Waals surface area contributed by atoms with Crippen LogP contribution in [0.1, 0.15) is 336 Å². The fourth-order valence-electron chi connectivity index (χ4n) is 8.29. The molecule has 0 atom stereocenters. The highest BCUT2D eigenvalue weighted by molar-refractivity contribution is 5.85. The summed E-state index contributed by atoms with van der Waals surface area (Å²) in [6.45, 7) is 11.1. The monoisotopic (exact) mass is 849 g/mol. The smallest absolute Gasteiger partial charge is 0.313 e. The van der Waals surface area contributed by atoms with Crippen LogP contribution in [0.4, 0.5) is 0 Å². The summed E-state index contributed by atoms with van der Waals surface area (Å²) >= 11 is 0. The van der Waals surface area contributed by atoms with Crippen LogP contribution < -0.4 is 0 Å². The number of ether oxygens (including phenoxy) is 2. The molecule has 0 bridgehead atoms. The largest absolute Gasteiger partial charge is 0.393 e. The van der Waals surface area contributed by atoms with Gasteiger partial charge in [-0.05, 0) is 25.7 Å². The normalized spacial score (nSPS) is 11.2. The van der Waals surface area contributed by atoms with Crippen molar-refractivity contribution in [3.05, 3.63) is 0 Å². The maximum absolute atomic E-state index is 11.9. The fourth-order valence-corrected chi connectivity index (χ4v) is 8.29. The van der Waals surface area contributed by atoms with E-state index in [2.05, 4.69) is 27.7 Å². The van der Waals surface area contributed by atoms with Crippen molar-refractivity contribution in [2.24, 2.45) is 0 Å². The van der Waals surface area contributed by atoms with Crippen LogP contribution in [0, 0.1) is 0 Å². The zero-order chi connectivity index (χ0) is 43.9. The summed E-state index contributed by atoms with van der Waals surface area (Å²) in [5, 5.41) is 0. The van der Waals surface area contributed by atoms with Gasteiger partial charge in [0, 0.05) is 26.1 Å². The quantitative estimate of drug-likeness (QED) is 0.0348. The van der Waals surface area contributed by atoms with Crippen molar-refractivity contribution in [1.82, 2.24) is 0 Å². The second-order valence-electron chi connectivity index (χ2n) is 18.8. The summed E-state index contributed by atoms with van der Waals surface area (Å²) in [5.41, 5.74) is 0. The van der Waals surface area contributed by atoms with Gasteiger partial charge >= 0.3 is 11.9 Å². The van der Waals surface area contributed by atoms with Crippen LogP contribution in [-0.2, 0) is 19.1 Å². The molecule has 0 aromatic carbocycles. The van der Waals surface area contributed by atoms with Gasteiger partial charge < -0.3 is 9.47 Å². The Balaban J connectivity index is 0. The number of hydrogen-bond donors (Lipinski definition) is 0. The summed E-state index contributed by atoms with van der Waals surface area (Å²) in [7, 11) is 0. The molecule has 0 amide bonds. The molecule has 60 heavy (non-hydrogen) atoms. The third-order valence-corrected chi connectivity index (χ3v) is 12.5. The zero-order valence-electron chi connectivity index (χ0n) is 42.0. The topological polar surface area (TPSA) is 52.6 Å². The van der Waals surface area contributed by atoms with E-state index in [1.165, 1.54) is 270 Å². The lowest BCUT2D eigenvalue weighted by Gasteiger charge is -2.05. The molecule has 0 aromatic heterocycles. The fraction of sp³-hybridized carbons (Fsp3) is 0.964. The molecular weight excluding hydrogens is 737 g/mol. The highest BCUT2D eigenvalue weighted by atomic mass is 16.6. The molecule has 0 rings (SSSR count). The molecule has 0 aliphatic heterocycles. The summed E-state index contributed by atoms with van der Waals surface area (Å²) in [4.78, 5) is 23.8. The Morgan fingerprint density at radius 2 is 0.400 bits per heavy atom. The van der Waals surface area contributed by atoms with E-state index < -0.39 is 0 Å². The Hall–Kier alpha value is -0.900. The lowest BCUT2D eigenvalue weighted by molar-refractivity contribution is -0.159. The molecule has 0 radical (unpaired) electrons. The minimum absolute atomic E-state index is 0.323. The molecule has 4 nitrogen and oxygen atoms in total. The highest BCUT2D eigenvalue weighted by Crippen LogP contribution is 2.16. The Morgan fingerprint density at radius 1 is 0.233 bits per heavy atom. The van der Waals surface area contributed by atoms with Crippen LogP contribution in [0.25, 0.3) is 0 Å². The molecule has 0 saturated heterocycles. The molecule has 0 spiro atoms. The predicted octanol–water partition coefficient (Wildman–Crippen LogP) is 19.9. The third-order valence-electron chi connectivity index (χ3n) is 12.5. The van der Waals surface area contributed by atoms with Gasteiger partial charge in [0.15, 0.2) is 0 Å². The molecule has 0 aliphatic rings. The van der Waals surface area contributed by atoms with E-state index >= 15 is 0 Å². The van der Waals surface area contributed by atoms with Crippen LogP contribution in [0.3, 0.4) is 0 Å². The number of carbonyl (C=O) groups is 2. The molecular formula is C56H112O4. The molecule has 0 fully saturated rings. The molecule has 360 valence electrons. The average Bonchev–Trinajstić information content (AvgIpc) is 3.25. The molecule has 0 aromatic rings. The number of rotatable bonds is 50. The minimum Gasteiger partial charge on any atom is -0.393 e. The van der Waals surface area contributed by atoms with Crippen molar-refractivity contribution < 1.29 is 19.1 Å². The first-order chi connectivity index (χ1) is 29.6. The number of unbranched alkanes of at least 4 members (excludes halogenated alkanes) is 42. The Bertz CT molecular complexity index is 719. The standard InChI is InChI=1S/C36H70O3.C20H42O/c1-3-5-7-9-11-13-15-17-19-21-23-25-27-29-31-33-35(37)39-36(38)34-32-30-28-26-24-22-20-18-16-14-12-10-8-6-4-2;1-3-5-7-9-11-12-13-14-16-18-20-21-19-17-15-10-8-6-4-2/h3-34H2,1-2H3;3-20H2,1-2H3. The molecule has 0 N–H and O–H groups in total. The van der Waals surface area contributed by atoms with E-state index in [-0.39, 0.29) is 11.9 Å². The van der Waals surface area contributed by atoms with Gasteiger partial charge in [-0.1, -0.05) is 297 Å². The van der Waals surface area contributed by atoms with Gasteiger partial charge in [0.25, 0.3) is 0 Å². The Kier molecular flexibility index (Phi) is 59.3. The molecule has 0 saturated carbocycles.